The largest absolute Gasteiger partial charge is 0.356 e. The van der Waals surface area contributed by atoms with Crippen LogP contribution in [0.4, 0.5) is 5.82 Å². The van der Waals surface area contributed by atoms with Crippen molar-refractivity contribution in [3.8, 4) is 11.4 Å². The summed E-state index contributed by atoms with van der Waals surface area (Å²) < 4.78 is 23.2. The van der Waals surface area contributed by atoms with E-state index < -0.39 is 9.84 Å². The van der Waals surface area contributed by atoms with Gasteiger partial charge in [0.15, 0.2) is 15.7 Å². The van der Waals surface area contributed by atoms with Gasteiger partial charge in [0.25, 0.3) is 0 Å². The lowest BCUT2D eigenvalue weighted by Crippen LogP contribution is -2.20. The fraction of sp³-hybridized carbons (Fsp3) is 0.400. The maximum Gasteiger partial charge on any atom is 0.163 e. The summed E-state index contributed by atoms with van der Waals surface area (Å²) >= 11 is 0. The SMILES string of the molecule is CS(=O)(=O)Cc1cc(N2CCCC2)nc(-c2cccnc2)n1. The average molecular weight is 318 g/mol. The van der Waals surface area contributed by atoms with Crippen LogP contribution in [0.5, 0.6) is 0 Å². The van der Waals surface area contributed by atoms with Crippen molar-refractivity contribution in [3.63, 3.8) is 0 Å². The Labute approximate surface area is 130 Å². The van der Waals surface area contributed by atoms with Crippen LogP contribution in [-0.4, -0.2) is 42.7 Å². The molecule has 6 nitrogen and oxygen atoms in total. The predicted octanol–water partition coefficient (Wildman–Crippen LogP) is 1.68. The first-order chi connectivity index (χ1) is 10.5. The van der Waals surface area contributed by atoms with Crippen molar-refractivity contribution in [3.05, 3.63) is 36.3 Å². The Bertz CT molecular complexity index is 756. The van der Waals surface area contributed by atoms with E-state index in [0.717, 1.165) is 37.3 Å². The Morgan fingerprint density at radius 3 is 2.64 bits per heavy atom. The van der Waals surface area contributed by atoms with Crippen LogP contribution in [0.3, 0.4) is 0 Å². The van der Waals surface area contributed by atoms with E-state index in [0.29, 0.717) is 11.5 Å². The van der Waals surface area contributed by atoms with Gasteiger partial charge < -0.3 is 4.90 Å². The molecule has 0 atom stereocenters. The van der Waals surface area contributed by atoms with Gasteiger partial charge in [-0.25, -0.2) is 18.4 Å². The molecule has 0 amide bonds. The van der Waals surface area contributed by atoms with Crippen LogP contribution in [-0.2, 0) is 15.6 Å². The summed E-state index contributed by atoms with van der Waals surface area (Å²) in [5.74, 6) is 1.24. The minimum atomic E-state index is -3.14. The van der Waals surface area contributed by atoms with Gasteiger partial charge in [0.05, 0.1) is 11.4 Å². The summed E-state index contributed by atoms with van der Waals surface area (Å²) in [5, 5.41) is 0. The molecule has 1 aliphatic rings. The third-order valence-electron chi connectivity index (χ3n) is 3.53. The lowest BCUT2D eigenvalue weighted by Gasteiger charge is -2.18. The normalized spacial score (nSPS) is 15.2. The molecule has 2 aromatic heterocycles. The second-order valence-electron chi connectivity index (χ2n) is 5.55. The maximum atomic E-state index is 11.6. The summed E-state index contributed by atoms with van der Waals surface area (Å²) in [4.78, 5) is 15.3. The number of hydrogen-bond donors (Lipinski definition) is 0. The molecular weight excluding hydrogens is 300 g/mol. The Morgan fingerprint density at radius 1 is 1.23 bits per heavy atom. The Morgan fingerprint density at radius 2 is 2.00 bits per heavy atom. The van der Waals surface area contributed by atoms with Gasteiger partial charge >= 0.3 is 0 Å². The van der Waals surface area contributed by atoms with Crippen molar-refractivity contribution in [2.75, 3.05) is 24.2 Å². The molecule has 1 aliphatic heterocycles. The van der Waals surface area contributed by atoms with Crippen molar-refractivity contribution in [2.45, 2.75) is 18.6 Å². The van der Waals surface area contributed by atoms with Gasteiger partial charge in [-0.05, 0) is 25.0 Å². The number of sulfone groups is 1. The smallest absolute Gasteiger partial charge is 0.163 e. The van der Waals surface area contributed by atoms with Gasteiger partial charge in [0.2, 0.25) is 0 Å². The van der Waals surface area contributed by atoms with Crippen molar-refractivity contribution in [2.24, 2.45) is 0 Å². The molecular formula is C15H18N4O2S. The Hall–Kier alpha value is -2.02. The zero-order chi connectivity index (χ0) is 15.6. The molecule has 22 heavy (non-hydrogen) atoms. The van der Waals surface area contributed by atoms with Gasteiger partial charge in [-0.3, -0.25) is 4.98 Å². The number of anilines is 1. The quantitative estimate of drug-likeness (QED) is 0.854. The molecule has 0 N–H and O–H groups in total. The molecule has 0 spiro atoms. The summed E-state index contributed by atoms with van der Waals surface area (Å²) in [6.45, 7) is 1.89. The van der Waals surface area contributed by atoms with E-state index in [1.165, 1.54) is 6.26 Å². The summed E-state index contributed by atoms with van der Waals surface area (Å²) in [7, 11) is -3.14. The Kier molecular flexibility index (Phi) is 4.06. The lowest BCUT2D eigenvalue weighted by atomic mass is 10.2. The van der Waals surface area contributed by atoms with Gasteiger partial charge in [-0.15, -0.1) is 0 Å². The van der Waals surface area contributed by atoms with Crippen LogP contribution in [0, 0.1) is 0 Å². The summed E-state index contributed by atoms with van der Waals surface area (Å²) in [6.07, 6.45) is 6.86. The zero-order valence-corrected chi connectivity index (χ0v) is 13.3. The highest BCUT2D eigenvalue weighted by atomic mass is 32.2. The fourth-order valence-corrected chi connectivity index (χ4v) is 3.24. The zero-order valence-electron chi connectivity index (χ0n) is 12.4. The highest BCUT2D eigenvalue weighted by molar-refractivity contribution is 7.89. The molecule has 0 radical (unpaired) electrons. The molecule has 0 bridgehead atoms. The van der Waals surface area contributed by atoms with Gasteiger partial charge in [0, 0.05) is 43.4 Å². The molecule has 0 saturated carbocycles. The van der Waals surface area contributed by atoms with Crippen LogP contribution >= 0.6 is 0 Å². The topological polar surface area (TPSA) is 76.1 Å². The molecule has 0 unspecified atom stereocenters. The van der Waals surface area contributed by atoms with Crippen molar-refractivity contribution >= 4 is 15.7 Å². The third kappa shape index (κ3) is 3.59. The predicted molar refractivity (Wildman–Crippen MR) is 85.3 cm³/mol. The van der Waals surface area contributed by atoms with Gasteiger partial charge in [-0.2, -0.15) is 0 Å². The van der Waals surface area contributed by atoms with E-state index in [9.17, 15) is 8.42 Å². The summed E-state index contributed by atoms with van der Waals surface area (Å²) in [6, 6.07) is 5.48. The average Bonchev–Trinajstić information content (AvgIpc) is 3.00. The van der Waals surface area contributed by atoms with Crippen molar-refractivity contribution in [1.82, 2.24) is 15.0 Å². The first kappa shape index (κ1) is 14.9. The van der Waals surface area contributed by atoms with Crippen LogP contribution in [0.15, 0.2) is 30.6 Å². The third-order valence-corrected chi connectivity index (χ3v) is 4.35. The number of aromatic nitrogens is 3. The van der Waals surface area contributed by atoms with Crippen LogP contribution in [0.1, 0.15) is 18.5 Å². The molecule has 7 heteroatoms. The second-order valence-corrected chi connectivity index (χ2v) is 7.69. The minimum absolute atomic E-state index is 0.0797. The van der Waals surface area contributed by atoms with E-state index >= 15 is 0 Å². The molecule has 1 saturated heterocycles. The highest BCUT2D eigenvalue weighted by Gasteiger charge is 2.18. The van der Waals surface area contributed by atoms with Crippen LogP contribution < -0.4 is 4.90 Å². The lowest BCUT2D eigenvalue weighted by molar-refractivity contribution is 0.600. The monoisotopic (exact) mass is 318 g/mol. The Balaban J connectivity index is 2.05. The molecule has 3 rings (SSSR count). The van der Waals surface area contributed by atoms with Crippen molar-refractivity contribution in [1.29, 1.82) is 0 Å². The molecule has 3 heterocycles. The highest BCUT2D eigenvalue weighted by Crippen LogP contribution is 2.23. The number of pyridine rings is 1. The summed E-state index contributed by atoms with van der Waals surface area (Å²) in [5.41, 5.74) is 1.32. The van der Waals surface area contributed by atoms with E-state index in [1.807, 2.05) is 12.1 Å². The van der Waals surface area contributed by atoms with E-state index in [2.05, 4.69) is 19.9 Å². The van der Waals surface area contributed by atoms with Crippen LogP contribution in [0.2, 0.25) is 0 Å². The number of hydrogen-bond acceptors (Lipinski definition) is 6. The van der Waals surface area contributed by atoms with Gasteiger partial charge in [-0.1, -0.05) is 0 Å². The number of nitrogens with zero attached hydrogens (tertiary/aromatic N) is 4. The minimum Gasteiger partial charge on any atom is -0.356 e. The molecule has 0 aromatic carbocycles. The van der Waals surface area contributed by atoms with E-state index in [-0.39, 0.29) is 5.75 Å². The van der Waals surface area contributed by atoms with Gasteiger partial charge in [0.1, 0.15) is 5.82 Å². The van der Waals surface area contributed by atoms with Crippen molar-refractivity contribution < 1.29 is 8.42 Å². The standard InChI is InChI=1S/C15H18N4O2S/c1-22(20,21)11-13-9-14(19-7-2-3-8-19)18-15(17-13)12-5-4-6-16-10-12/h4-6,9-10H,2-3,7-8,11H2,1H3. The first-order valence-corrected chi connectivity index (χ1v) is 9.28. The first-order valence-electron chi connectivity index (χ1n) is 7.22. The molecule has 1 fully saturated rings. The fourth-order valence-electron chi connectivity index (χ4n) is 2.56. The van der Waals surface area contributed by atoms with Crippen LogP contribution in [0.25, 0.3) is 11.4 Å². The second kappa shape index (κ2) is 6.00. The molecule has 2 aromatic rings. The van der Waals surface area contributed by atoms with E-state index in [1.54, 1.807) is 18.5 Å². The van der Waals surface area contributed by atoms with E-state index in [4.69, 9.17) is 0 Å². The maximum absolute atomic E-state index is 11.6. The molecule has 0 aliphatic carbocycles. The number of rotatable bonds is 4. The molecule has 116 valence electrons.